The lowest BCUT2D eigenvalue weighted by molar-refractivity contribution is -0.203. The van der Waals surface area contributed by atoms with E-state index in [2.05, 4.69) is 0 Å². The number of sulfonamides is 1. The van der Waals surface area contributed by atoms with E-state index in [1.807, 2.05) is 6.92 Å². The van der Waals surface area contributed by atoms with E-state index in [0.29, 0.717) is 22.3 Å². The van der Waals surface area contributed by atoms with E-state index >= 15 is 0 Å². The van der Waals surface area contributed by atoms with Crippen LogP contribution in [0.25, 0.3) is 0 Å². The molecule has 0 aromatic heterocycles. The van der Waals surface area contributed by atoms with Crippen LogP contribution in [0.15, 0.2) is 24.3 Å². The maximum absolute atomic E-state index is 12.0. The molecule has 1 aromatic rings. The molecule has 0 saturated heterocycles. The molecule has 1 aromatic carbocycles. The molecule has 7 nitrogen and oxygen atoms in total. The molecule has 0 spiro atoms. The maximum atomic E-state index is 12.0. The summed E-state index contributed by atoms with van der Waals surface area (Å²) in [6.45, 7) is 3.36. The van der Waals surface area contributed by atoms with Crippen molar-refractivity contribution in [3.8, 4) is 5.75 Å². The summed E-state index contributed by atoms with van der Waals surface area (Å²) in [5.74, 6) is -0.580. The minimum Gasteiger partial charge on any atom is -0.494 e. The second kappa shape index (κ2) is 6.69. The zero-order valence-electron chi connectivity index (χ0n) is 11.6. The normalized spacial score (nSPS) is 11.4. The number of hydroxylamine groups is 1. The topological polar surface area (TPSA) is 87.2 Å². The summed E-state index contributed by atoms with van der Waals surface area (Å²) in [7, 11) is -2.76. The number of hydrazine groups is 1. The van der Waals surface area contributed by atoms with E-state index < -0.39 is 15.9 Å². The number of carbonyl (C=O) groups is 1. The molecular weight excluding hydrogens is 284 g/mol. The smallest absolute Gasteiger partial charge is 0.259 e. The van der Waals surface area contributed by atoms with Crippen molar-refractivity contribution in [3.05, 3.63) is 29.8 Å². The Hall–Kier alpha value is -1.64. The standard InChI is InChI=1S/C12H18N2O5S/c1-4-19-12-7-5-6-11(8-12)9-20(17,18)13(3)14(16)10(2)15/h5-8,16H,4,9H2,1-3H3. The lowest BCUT2D eigenvalue weighted by Gasteiger charge is -2.23. The molecule has 0 atom stereocenters. The van der Waals surface area contributed by atoms with Crippen LogP contribution in [-0.4, -0.2) is 42.8 Å². The molecule has 8 heteroatoms. The fourth-order valence-corrected chi connectivity index (χ4v) is 2.65. The Morgan fingerprint density at radius 2 is 2.05 bits per heavy atom. The third-order valence-corrected chi connectivity index (χ3v) is 4.17. The molecule has 0 unspecified atom stereocenters. The molecule has 0 aliphatic carbocycles. The first-order valence-corrected chi connectivity index (χ1v) is 7.56. The predicted octanol–water partition coefficient (Wildman–Crippen LogP) is 1.000. The van der Waals surface area contributed by atoms with E-state index in [1.54, 1.807) is 24.3 Å². The molecule has 0 fully saturated rings. The van der Waals surface area contributed by atoms with Crippen molar-refractivity contribution in [2.24, 2.45) is 0 Å². The number of hydrogen-bond acceptors (Lipinski definition) is 5. The third-order valence-electron chi connectivity index (χ3n) is 2.51. The largest absolute Gasteiger partial charge is 0.494 e. The molecule has 0 aliphatic rings. The van der Waals surface area contributed by atoms with E-state index in [-0.39, 0.29) is 10.9 Å². The first-order chi connectivity index (χ1) is 9.27. The van der Waals surface area contributed by atoms with Crippen LogP contribution in [-0.2, 0) is 20.6 Å². The van der Waals surface area contributed by atoms with Crippen molar-refractivity contribution in [3.63, 3.8) is 0 Å². The fraction of sp³-hybridized carbons (Fsp3) is 0.417. The maximum Gasteiger partial charge on any atom is 0.259 e. The van der Waals surface area contributed by atoms with Gasteiger partial charge in [0.1, 0.15) is 5.75 Å². The Morgan fingerprint density at radius 1 is 1.40 bits per heavy atom. The molecule has 0 aliphatic heterocycles. The lowest BCUT2D eigenvalue weighted by Crippen LogP contribution is -2.44. The molecule has 0 radical (unpaired) electrons. The molecule has 112 valence electrons. The number of ether oxygens (including phenoxy) is 1. The second-order valence-electron chi connectivity index (χ2n) is 4.08. The number of rotatable bonds is 6. The van der Waals surface area contributed by atoms with Crippen LogP contribution in [0.1, 0.15) is 19.4 Å². The van der Waals surface area contributed by atoms with E-state index in [9.17, 15) is 18.4 Å². The van der Waals surface area contributed by atoms with Crippen molar-refractivity contribution in [1.29, 1.82) is 0 Å². The van der Waals surface area contributed by atoms with E-state index in [0.717, 1.165) is 14.0 Å². The van der Waals surface area contributed by atoms with Crippen LogP contribution in [0.3, 0.4) is 0 Å². The van der Waals surface area contributed by atoms with Crippen LogP contribution < -0.4 is 4.74 Å². The Balaban J connectivity index is 2.90. The van der Waals surface area contributed by atoms with Crippen LogP contribution in [0.5, 0.6) is 5.75 Å². The summed E-state index contributed by atoms with van der Waals surface area (Å²) in [5, 5.41) is 9.41. The Kier molecular flexibility index (Phi) is 5.49. The molecule has 0 heterocycles. The molecule has 0 bridgehead atoms. The van der Waals surface area contributed by atoms with Crippen LogP contribution in [0.2, 0.25) is 0 Å². The van der Waals surface area contributed by atoms with Crippen molar-refractivity contribution >= 4 is 15.9 Å². The SMILES string of the molecule is CCOc1cccc(CS(=O)(=O)N(C)N(O)C(C)=O)c1. The van der Waals surface area contributed by atoms with Gasteiger partial charge in [0.15, 0.2) is 0 Å². The number of benzene rings is 1. The van der Waals surface area contributed by atoms with E-state index in [4.69, 9.17) is 4.74 Å². The zero-order chi connectivity index (χ0) is 15.3. The van der Waals surface area contributed by atoms with Crippen molar-refractivity contribution in [1.82, 2.24) is 9.59 Å². The Bertz CT molecular complexity index is 573. The van der Waals surface area contributed by atoms with Gasteiger partial charge in [-0.3, -0.25) is 10.0 Å². The summed E-state index contributed by atoms with van der Waals surface area (Å²) < 4.78 is 29.9. The van der Waals surface area contributed by atoms with Gasteiger partial charge in [-0.25, -0.2) is 8.42 Å². The Morgan fingerprint density at radius 3 is 2.60 bits per heavy atom. The van der Waals surface area contributed by atoms with Gasteiger partial charge in [-0.15, -0.1) is 5.17 Å². The molecule has 1 rings (SSSR count). The minimum absolute atomic E-state index is 0.0573. The fourth-order valence-electron chi connectivity index (χ4n) is 1.51. The number of carbonyl (C=O) groups excluding carboxylic acids is 1. The molecule has 20 heavy (non-hydrogen) atoms. The predicted molar refractivity (Wildman–Crippen MR) is 72.3 cm³/mol. The van der Waals surface area contributed by atoms with E-state index in [1.165, 1.54) is 0 Å². The number of nitrogens with zero attached hydrogens (tertiary/aromatic N) is 2. The first-order valence-electron chi connectivity index (χ1n) is 5.95. The van der Waals surface area contributed by atoms with Gasteiger partial charge < -0.3 is 4.74 Å². The zero-order valence-corrected chi connectivity index (χ0v) is 12.4. The highest BCUT2D eigenvalue weighted by atomic mass is 32.2. The van der Waals surface area contributed by atoms with Crippen molar-refractivity contribution in [2.75, 3.05) is 13.7 Å². The average Bonchev–Trinajstić information content (AvgIpc) is 2.37. The monoisotopic (exact) mass is 302 g/mol. The summed E-state index contributed by atoms with van der Waals surface area (Å²) >= 11 is 0. The summed E-state index contributed by atoms with van der Waals surface area (Å²) in [4.78, 5) is 11.0. The lowest BCUT2D eigenvalue weighted by atomic mass is 10.2. The molecule has 1 N–H and O–H groups in total. The van der Waals surface area contributed by atoms with Crippen molar-refractivity contribution in [2.45, 2.75) is 19.6 Å². The van der Waals surface area contributed by atoms with Gasteiger partial charge >= 0.3 is 0 Å². The summed E-state index contributed by atoms with van der Waals surface area (Å²) in [6, 6.07) is 6.63. The van der Waals surface area contributed by atoms with Crippen molar-refractivity contribution < 1.29 is 23.2 Å². The average molecular weight is 302 g/mol. The summed E-state index contributed by atoms with van der Waals surface area (Å²) in [5.41, 5.74) is 0.500. The number of amides is 1. The molecular formula is C12H18N2O5S. The third kappa shape index (κ3) is 4.19. The van der Waals surface area contributed by atoms with Gasteiger partial charge in [0.25, 0.3) is 5.91 Å². The highest BCUT2D eigenvalue weighted by molar-refractivity contribution is 7.88. The first kappa shape index (κ1) is 16.4. The molecule has 0 saturated carbocycles. The number of hydrogen-bond donors (Lipinski definition) is 1. The highest BCUT2D eigenvalue weighted by Crippen LogP contribution is 2.17. The highest BCUT2D eigenvalue weighted by Gasteiger charge is 2.25. The minimum atomic E-state index is -3.86. The van der Waals surface area contributed by atoms with Crippen LogP contribution in [0, 0.1) is 0 Å². The van der Waals surface area contributed by atoms with Gasteiger partial charge in [-0.1, -0.05) is 16.5 Å². The van der Waals surface area contributed by atoms with Gasteiger partial charge in [0.2, 0.25) is 10.0 Å². The molecule has 1 amide bonds. The van der Waals surface area contributed by atoms with Crippen LogP contribution in [0.4, 0.5) is 0 Å². The quantitative estimate of drug-likeness (QED) is 0.625. The van der Waals surface area contributed by atoms with Gasteiger partial charge in [0, 0.05) is 14.0 Å². The van der Waals surface area contributed by atoms with Gasteiger partial charge in [-0.2, -0.15) is 0 Å². The van der Waals surface area contributed by atoms with Gasteiger partial charge in [0.05, 0.1) is 12.4 Å². The van der Waals surface area contributed by atoms with Crippen LogP contribution >= 0.6 is 0 Å². The Labute approximate surface area is 118 Å². The second-order valence-corrected chi connectivity index (χ2v) is 6.06. The summed E-state index contributed by atoms with van der Waals surface area (Å²) in [6.07, 6.45) is 0. The van der Waals surface area contributed by atoms with Gasteiger partial charge in [-0.05, 0) is 24.6 Å².